The molecule has 1 unspecified atom stereocenters. The maximum Gasteiger partial charge on any atom is 0.127 e. The molecule has 1 N–H and O–H groups in total. The second-order valence-electron chi connectivity index (χ2n) is 4.35. The van der Waals surface area contributed by atoms with Gasteiger partial charge < -0.3 is 10.2 Å². The van der Waals surface area contributed by atoms with E-state index in [0.717, 1.165) is 12.4 Å². The van der Waals surface area contributed by atoms with Crippen LogP contribution in [-0.2, 0) is 0 Å². The fourth-order valence-electron chi connectivity index (χ4n) is 2.00. The van der Waals surface area contributed by atoms with Gasteiger partial charge in [0, 0.05) is 26.3 Å². The van der Waals surface area contributed by atoms with Crippen LogP contribution >= 0.6 is 0 Å². The molecule has 1 saturated heterocycles. The monoisotopic (exact) mass is 205 g/mol. The first kappa shape index (κ1) is 10.4. The third-order valence-electron chi connectivity index (χ3n) is 2.94. The summed E-state index contributed by atoms with van der Waals surface area (Å²) in [7, 11) is 4.03. The molecule has 2 rings (SSSR count). The molecule has 0 amide bonds. The van der Waals surface area contributed by atoms with E-state index in [2.05, 4.69) is 22.4 Å². The van der Waals surface area contributed by atoms with Crippen molar-refractivity contribution in [2.45, 2.75) is 25.3 Å². The van der Waals surface area contributed by atoms with Crippen molar-refractivity contribution in [1.29, 1.82) is 0 Å². The summed E-state index contributed by atoms with van der Waals surface area (Å²) in [5.41, 5.74) is 1.32. The summed E-state index contributed by atoms with van der Waals surface area (Å²) in [6, 6.07) is 4.79. The molecule has 2 heterocycles. The van der Waals surface area contributed by atoms with Crippen molar-refractivity contribution in [1.82, 2.24) is 10.3 Å². The number of hydrogen-bond donors (Lipinski definition) is 1. The topological polar surface area (TPSA) is 28.2 Å². The summed E-state index contributed by atoms with van der Waals surface area (Å²) in [5.74, 6) is 1.02. The number of anilines is 1. The summed E-state index contributed by atoms with van der Waals surface area (Å²) in [6.07, 6.45) is 5.87. The number of aromatic nitrogens is 1. The van der Waals surface area contributed by atoms with E-state index in [1.165, 1.54) is 24.8 Å². The van der Waals surface area contributed by atoms with E-state index in [1.54, 1.807) is 0 Å². The van der Waals surface area contributed by atoms with Crippen molar-refractivity contribution in [3.8, 4) is 0 Å². The van der Waals surface area contributed by atoms with Gasteiger partial charge in [-0.25, -0.2) is 4.98 Å². The van der Waals surface area contributed by atoms with Gasteiger partial charge in [0.25, 0.3) is 0 Å². The van der Waals surface area contributed by atoms with Crippen molar-refractivity contribution < 1.29 is 0 Å². The van der Waals surface area contributed by atoms with Gasteiger partial charge in [-0.15, -0.1) is 0 Å². The normalized spacial score (nSPS) is 21.3. The van der Waals surface area contributed by atoms with Gasteiger partial charge in [0.05, 0.1) is 0 Å². The number of pyridine rings is 1. The Morgan fingerprint density at radius 3 is 2.73 bits per heavy atom. The third kappa shape index (κ3) is 2.48. The van der Waals surface area contributed by atoms with Crippen LogP contribution in [0, 0.1) is 0 Å². The first-order valence-corrected chi connectivity index (χ1v) is 5.64. The van der Waals surface area contributed by atoms with Gasteiger partial charge in [0.15, 0.2) is 0 Å². The lowest BCUT2D eigenvalue weighted by Gasteiger charge is -2.24. The molecule has 1 aliphatic heterocycles. The standard InChI is InChI=1S/C12H19N3/c1-15(2)12-7-6-10(9-14-12)11-5-3-4-8-13-11/h6-7,9,11,13H,3-5,8H2,1-2H3. The zero-order valence-corrected chi connectivity index (χ0v) is 9.53. The van der Waals surface area contributed by atoms with E-state index in [1.807, 2.05) is 25.2 Å². The maximum absolute atomic E-state index is 4.44. The molecule has 3 nitrogen and oxygen atoms in total. The van der Waals surface area contributed by atoms with Crippen LogP contribution in [0.4, 0.5) is 5.82 Å². The Labute approximate surface area is 91.5 Å². The van der Waals surface area contributed by atoms with Gasteiger partial charge in [0.2, 0.25) is 0 Å². The molecule has 0 radical (unpaired) electrons. The number of rotatable bonds is 2. The molecule has 0 bridgehead atoms. The van der Waals surface area contributed by atoms with Crippen molar-refractivity contribution in [3.63, 3.8) is 0 Å². The van der Waals surface area contributed by atoms with Crippen LogP contribution in [-0.4, -0.2) is 25.6 Å². The van der Waals surface area contributed by atoms with Gasteiger partial charge in [-0.05, 0) is 31.0 Å². The molecule has 0 aliphatic carbocycles. The van der Waals surface area contributed by atoms with E-state index < -0.39 is 0 Å². The Balaban J connectivity index is 2.08. The summed E-state index contributed by atoms with van der Waals surface area (Å²) < 4.78 is 0. The maximum atomic E-state index is 4.44. The molecule has 0 spiro atoms. The number of piperidine rings is 1. The predicted octanol–water partition coefficient (Wildman–Crippen LogP) is 1.96. The molecule has 1 fully saturated rings. The number of nitrogens with zero attached hydrogens (tertiary/aromatic N) is 2. The number of hydrogen-bond acceptors (Lipinski definition) is 3. The molecule has 0 aromatic carbocycles. The zero-order valence-electron chi connectivity index (χ0n) is 9.53. The third-order valence-corrected chi connectivity index (χ3v) is 2.94. The van der Waals surface area contributed by atoms with Crippen LogP contribution in [0.15, 0.2) is 18.3 Å². The molecule has 82 valence electrons. The van der Waals surface area contributed by atoms with Gasteiger partial charge in [-0.3, -0.25) is 0 Å². The van der Waals surface area contributed by atoms with Crippen molar-refractivity contribution in [2.75, 3.05) is 25.5 Å². The molecule has 0 saturated carbocycles. The second-order valence-corrected chi connectivity index (χ2v) is 4.35. The Hall–Kier alpha value is -1.09. The van der Waals surface area contributed by atoms with Crippen LogP contribution in [0.1, 0.15) is 30.9 Å². The summed E-state index contributed by atoms with van der Waals surface area (Å²) >= 11 is 0. The van der Waals surface area contributed by atoms with Crippen LogP contribution < -0.4 is 10.2 Å². The lowest BCUT2D eigenvalue weighted by molar-refractivity contribution is 0.411. The molecular formula is C12H19N3. The largest absolute Gasteiger partial charge is 0.363 e. The fraction of sp³-hybridized carbons (Fsp3) is 0.583. The van der Waals surface area contributed by atoms with Crippen LogP contribution in [0.3, 0.4) is 0 Å². The van der Waals surface area contributed by atoms with Gasteiger partial charge in [-0.2, -0.15) is 0 Å². The van der Waals surface area contributed by atoms with Gasteiger partial charge in [0.1, 0.15) is 5.82 Å². The second kappa shape index (κ2) is 4.62. The SMILES string of the molecule is CN(C)c1ccc(C2CCCCN2)cn1. The quantitative estimate of drug-likeness (QED) is 0.800. The molecule has 15 heavy (non-hydrogen) atoms. The highest BCUT2D eigenvalue weighted by Crippen LogP contribution is 2.23. The Morgan fingerprint density at radius 2 is 2.20 bits per heavy atom. The number of nitrogens with one attached hydrogen (secondary N) is 1. The molecule has 3 heteroatoms. The molecule has 1 atom stereocenters. The minimum absolute atomic E-state index is 0.516. The lowest BCUT2D eigenvalue weighted by Crippen LogP contribution is -2.26. The first-order valence-electron chi connectivity index (χ1n) is 5.64. The van der Waals surface area contributed by atoms with Crippen LogP contribution in [0.25, 0.3) is 0 Å². The highest BCUT2D eigenvalue weighted by molar-refractivity contribution is 5.37. The minimum Gasteiger partial charge on any atom is -0.363 e. The van der Waals surface area contributed by atoms with Crippen LogP contribution in [0.2, 0.25) is 0 Å². The Bertz CT molecular complexity index is 299. The average Bonchev–Trinajstić information content (AvgIpc) is 2.30. The molecular weight excluding hydrogens is 186 g/mol. The predicted molar refractivity (Wildman–Crippen MR) is 63.2 cm³/mol. The van der Waals surface area contributed by atoms with Gasteiger partial charge >= 0.3 is 0 Å². The van der Waals surface area contributed by atoms with E-state index in [9.17, 15) is 0 Å². The summed E-state index contributed by atoms with van der Waals surface area (Å²) in [6.45, 7) is 1.14. The van der Waals surface area contributed by atoms with Crippen molar-refractivity contribution in [2.24, 2.45) is 0 Å². The van der Waals surface area contributed by atoms with E-state index in [0.29, 0.717) is 6.04 Å². The molecule has 1 aromatic rings. The minimum atomic E-state index is 0.516. The van der Waals surface area contributed by atoms with E-state index in [4.69, 9.17) is 0 Å². The zero-order chi connectivity index (χ0) is 10.7. The average molecular weight is 205 g/mol. The fourth-order valence-corrected chi connectivity index (χ4v) is 2.00. The van der Waals surface area contributed by atoms with E-state index in [-0.39, 0.29) is 0 Å². The molecule has 1 aromatic heterocycles. The highest BCUT2D eigenvalue weighted by atomic mass is 15.1. The van der Waals surface area contributed by atoms with Crippen molar-refractivity contribution >= 4 is 5.82 Å². The highest BCUT2D eigenvalue weighted by Gasteiger charge is 2.14. The van der Waals surface area contributed by atoms with Gasteiger partial charge in [-0.1, -0.05) is 12.5 Å². The van der Waals surface area contributed by atoms with E-state index >= 15 is 0 Å². The Morgan fingerprint density at radius 1 is 1.33 bits per heavy atom. The van der Waals surface area contributed by atoms with Crippen LogP contribution in [0.5, 0.6) is 0 Å². The molecule has 1 aliphatic rings. The van der Waals surface area contributed by atoms with Crippen molar-refractivity contribution in [3.05, 3.63) is 23.9 Å². The smallest absolute Gasteiger partial charge is 0.127 e. The summed E-state index contributed by atoms with van der Waals surface area (Å²) in [4.78, 5) is 6.47. The summed E-state index contributed by atoms with van der Waals surface area (Å²) in [5, 5.41) is 3.53. The Kier molecular flexibility index (Phi) is 3.21. The first-order chi connectivity index (χ1) is 7.27. The lowest BCUT2D eigenvalue weighted by atomic mass is 9.99.